The molecule has 3 aromatic rings. The molecule has 0 saturated heterocycles. The predicted octanol–water partition coefficient (Wildman–Crippen LogP) is 0.590. The van der Waals surface area contributed by atoms with Crippen molar-refractivity contribution in [2.75, 3.05) is 18.6 Å². The number of ketones is 1. The molecule has 214 valence electrons. The molecule has 0 fully saturated rings. The monoisotopic (exact) mass is 565 g/mol. The molecule has 0 bridgehead atoms. The molecule has 3 rings (SSSR count). The van der Waals surface area contributed by atoms with Crippen LogP contribution in [0.5, 0.6) is 0 Å². The number of amides is 1. The van der Waals surface area contributed by atoms with Crippen LogP contribution in [0.4, 0.5) is 24.9 Å². The molecule has 2 unspecified atom stereocenters. The minimum Gasteiger partial charge on any atom is -0.467 e. The number of Topliss-reactive ketones (excluding diaryl/α,β-unsaturated/α-hetero) is 1. The largest absolute Gasteiger partial charge is 0.467 e. The number of H-pyrrole nitrogens is 2. The van der Waals surface area contributed by atoms with E-state index in [0.717, 1.165) is 7.11 Å². The first-order chi connectivity index (χ1) is 18.9. The Morgan fingerprint density at radius 1 is 1.10 bits per heavy atom. The minimum absolute atomic E-state index is 0.00517. The van der Waals surface area contributed by atoms with Gasteiger partial charge in [0.05, 0.1) is 18.6 Å². The van der Waals surface area contributed by atoms with E-state index in [9.17, 15) is 32.3 Å². The van der Waals surface area contributed by atoms with Crippen LogP contribution in [-0.2, 0) is 27.2 Å². The third-order valence-electron chi connectivity index (χ3n) is 5.99. The molecule has 0 aliphatic rings. The van der Waals surface area contributed by atoms with Crippen LogP contribution >= 0.6 is 0 Å². The van der Waals surface area contributed by atoms with E-state index in [4.69, 9.17) is 16.2 Å². The van der Waals surface area contributed by atoms with Crippen LogP contribution in [0.3, 0.4) is 0 Å². The van der Waals surface area contributed by atoms with E-state index in [1.807, 2.05) is 0 Å². The molecule has 0 aliphatic carbocycles. The Morgan fingerprint density at radius 3 is 2.38 bits per heavy atom. The summed E-state index contributed by atoms with van der Waals surface area (Å²) in [7, 11) is 1.15. The maximum atomic E-state index is 13.4. The number of hydrogen-bond acceptors (Lipinski definition) is 11. The Labute approximate surface area is 224 Å². The van der Waals surface area contributed by atoms with Crippen molar-refractivity contribution in [3.8, 4) is 0 Å². The van der Waals surface area contributed by atoms with Gasteiger partial charge in [0.25, 0.3) is 11.5 Å². The molecule has 7 N–H and O–H groups in total. The number of nitrogens with one attached hydrogen (secondary N) is 3. The number of benzene rings is 1. The number of aryl methyl sites for hydroxylation is 1. The van der Waals surface area contributed by atoms with Gasteiger partial charge in [-0.1, -0.05) is 17.3 Å². The zero-order valence-electron chi connectivity index (χ0n) is 21.1. The van der Waals surface area contributed by atoms with Crippen molar-refractivity contribution in [1.29, 1.82) is 0 Å². The van der Waals surface area contributed by atoms with Gasteiger partial charge in [-0.15, -0.1) is 10.2 Å². The van der Waals surface area contributed by atoms with Crippen LogP contribution in [0.1, 0.15) is 52.5 Å². The number of carbonyl (C=O) groups excluding carboxylic acids is 3. The van der Waals surface area contributed by atoms with Gasteiger partial charge in [0.2, 0.25) is 11.7 Å². The molecule has 0 radical (unpaired) electrons. The molecule has 40 heavy (non-hydrogen) atoms. The normalized spacial score (nSPS) is 12.9. The lowest BCUT2D eigenvalue weighted by molar-refractivity contribution is -0.173. The quantitative estimate of drug-likeness (QED) is 0.191. The summed E-state index contributed by atoms with van der Waals surface area (Å²) in [5.41, 5.74) is 10.6. The highest BCUT2D eigenvalue weighted by Crippen LogP contribution is 2.32. The minimum atomic E-state index is -5.12. The molecule has 1 amide bonds. The summed E-state index contributed by atoms with van der Waals surface area (Å²) >= 11 is 0. The fraction of sp³-hybridized carbons (Fsp3) is 0.391. The first kappa shape index (κ1) is 29.7. The third-order valence-corrected chi connectivity index (χ3v) is 5.99. The molecule has 2 aromatic heterocycles. The molecular weight excluding hydrogens is 539 g/mol. The smallest absolute Gasteiger partial charge is 0.450 e. The highest BCUT2D eigenvalue weighted by atomic mass is 19.4. The van der Waals surface area contributed by atoms with Crippen LogP contribution in [0.2, 0.25) is 0 Å². The summed E-state index contributed by atoms with van der Waals surface area (Å²) in [5.74, 6) is -5.04. The number of nitrogens with zero attached hydrogens (tertiary/aromatic N) is 4. The van der Waals surface area contributed by atoms with E-state index in [1.54, 1.807) is 0 Å². The molecule has 1 aromatic carbocycles. The van der Waals surface area contributed by atoms with Crippen LogP contribution < -0.4 is 22.3 Å². The molecule has 17 heteroatoms. The molecular formula is C23H26F3N9O5. The number of esters is 1. The predicted molar refractivity (Wildman–Crippen MR) is 133 cm³/mol. The molecule has 2 atom stereocenters. The second-order valence-corrected chi connectivity index (χ2v) is 8.66. The van der Waals surface area contributed by atoms with Crippen LogP contribution in [0.15, 0.2) is 29.1 Å². The lowest BCUT2D eigenvalue weighted by atomic mass is 9.88. The number of anilines is 2. The summed E-state index contributed by atoms with van der Waals surface area (Å²) in [6.45, 7) is 0. The third kappa shape index (κ3) is 7.61. The van der Waals surface area contributed by atoms with Crippen LogP contribution in [0.25, 0.3) is 0 Å². The van der Waals surface area contributed by atoms with Gasteiger partial charge in [-0.05, 0) is 43.4 Å². The summed E-state index contributed by atoms with van der Waals surface area (Å²) in [6, 6.07) is 3.86. The van der Waals surface area contributed by atoms with Gasteiger partial charge in [-0.3, -0.25) is 19.4 Å². The van der Waals surface area contributed by atoms with Crippen molar-refractivity contribution in [2.24, 2.45) is 0 Å². The SMILES string of the molecule is COC(=O)C(CCc1nn[nH]n1)NC(=O)c1ccc(C(CCCc2c(N)nc(N)[nH]c2=O)C(=O)C(F)(F)F)cc1. The average Bonchev–Trinajstić information content (AvgIpc) is 3.42. The molecule has 14 nitrogen and oxygen atoms in total. The number of halogens is 3. The van der Waals surface area contributed by atoms with E-state index < -0.39 is 41.4 Å². The van der Waals surface area contributed by atoms with Gasteiger partial charge in [-0.2, -0.15) is 23.4 Å². The lowest BCUT2D eigenvalue weighted by Gasteiger charge is -2.19. The van der Waals surface area contributed by atoms with Gasteiger partial charge in [0.15, 0.2) is 5.82 Å². The van der Waals surface area contributed by atoms with E-state index in [1.165, 1.54) is 24.3 Å². The Morgan fingerprint density at radius 2 is 1.80 bits per heavy atom. The zero-order chi connectivity index (χ0) is 29.4. The van der Waals surface area contributed by atoms with Crippen molar-refractivity contribution in [3.63, 3.8) is 0 Å². The van der Waals surface area contributed by atoms with Crippen LogP contribution in [0, 0.1) is 0 Å². The number of methoxy groups -OCH3 is 1. The number of rotatable bonds is 12. The number of alkyl halides is 3. The maximum absolute atomic E-state index is 13.4. The van der Waals surface area contributed by atoms with Crippen molar-refractivity contribution >= 4 is 29.4 Å². The van der Waals surface area contributed by atoms with Crippen molar-refractivity contribution in [2.45, 2.75) is 50.2 Å². The Kier molecular flexibility index (Phi) is 9.52. The van der Waals surface area contributed by atoms with E-state index in [2.05, 4.69) is 35.9 Å². The molecule has 2 heterocycles. The fourth-order valence-corrected chi connectivity index (χ4v) is 3.97. The Hall–Kier alpha value is -4.83. The number of nitrogens with two attached hydrogens (primary N) is 2. The van der Waals surface area contributed by atoms with Crippen molar-refractivity contribution in [1.82, 2.24) is 35.9 Å². The van der Waals surface area contributed by atoms with E-state index >= 15 is 0 Å². The second kappa shape index (κ2) is 12.8. The lowest BCUT2D eigenvalue weighted by Crippen LogP contribution is -2.42. The van der Waals surface area contributed by atoms with E-state index in [-0.39, 0.29) is 60.6 Å². The van der Waals surface area contributed by atoms with Gasteiger partial charge in [-0.25, -0.2) is 4.79 Å². The first-order valence-electron chi connectivity index (χ1n) is 11.9. The summed E-state index contributed by atoms with van der Waals surface area (Å²) in [6.07, 6.45) is -5.15. The highest BCUT2D eigenvalue weighted by molar-refractivity contribution is 5.97. The summed E-state index contributed by atoms with van der Waals surface area (Å²) < 4.78 is 44.8. The number of carbonyl (C=O) groups is 3. The van der Waals surface area contributed by atoms with Crippen LogP contribution in [-0.4, -0.2) is 67.6 Å². The maximum Gasteiger partial charge on any atom is 0.450 e. The molecule has 0 spiro atoms. The summed E-state index contributed by atoms with van der Waals surface area (Å²) in [4.78, 5) is 55.2. The number of nitrogen functional groups attached to an aromatic ring is 2. The second-order valence-electron chi connectivity index (χ2n) is 8.66. The standard InChI is InChI=1S/C23H26F3N9O5/c1-40-21(39)15(9-10-16-32-34-35-33-16)29-19(37)12-7-5-11(6-8-12)13(17(36)23(24,25)26)3-2-4-14-18(27)30-22(28)31-20(14)38/h5-8,13,15H,2-4,9-10H2,1H3,(H,29,37)(H,32,33,34,35)(H5,27,28,30,31,38). The molecule has 0 aliphatic heterocycles. The number of hydrogen-bond donors (Lipinski definition) is 5. The number of aromatic amines is 2. The van der Waals surface area contributed by atoms with Gasteiger partial charge >= 0.3 is 12.1 Å². The summed E-state index contributed by atoms with van der Waals surface area (Å²) in [5, 5.41) is 15.7. The van der Waals surface area contributed by atoms with Crippen molar-refractivity contribution < 1.29 is 32.3 Å². The van der Waals surface area contributed by atoms with Crippen molar-refractivity contribution in [3.05, 3.63) is 57.1 Å². The van der Waals surface area contributed by atoms with Gasteiger partial charge in [0, 0.05) is 12.0 Å². The number of ether oxygens (including phenoxy) is 1. The number of tetrazole rings is 1. The van der Waals surface area contributed by atoms with Gasteiger partial charge < -0.3 is 21.5 Å². The van der Waals surface area contributed by atoms with Gasteiger partial charge in [0.1, 0.15) is 11.9 Å². The first-order valence-corrected chi connectivity index (χ1v) is 11.9. The Balaban J connectivity index is 1.73. The zero-order valence-corrected chi connectivity index (χ0v) is 21.1. The highest BCUT2D eigenvalue weighted by Gasteiger charge is 2.43. The Bertz CT molecular complexity index is 1390. The fourth-order valence-electron chi connectivity index (χ4n) is 3.97. The number of aromatic nitrogens is 6. The average molecular weight is 566 g/mol. The van der Waals surface area contributed by atoms with E-state index in [0.29, 0.717) is 5.82 Å². The topological polar surface area (TPSA) is 225 Å². The molecule has 0 saturated carbocycles.